The average Bonchev–Trinajstić information content (AvgIpc) is 2.59. The highest BCUT2D eigenvalue weighted by Gasteiger charge is 2.12. The van der Waals surface area contributed by atoms with Gasteiger partial charge in [-0.3, -0.25) is 9.78 Å². The second kappa shape index (κ2) is 7.55. The molecule has 2 heterocycles. The van der Waals surface area contributed by atoms with Crippen LogP contribution in [0.15, 0.2) is 30.3 Å². The van der Waals surface area contributed by atoms with Crippen molar-refractivity contribution in [3.8, 4) is 0 Å². The Morgan fingerprint density at radius 2 is 2.00 bits per heavy atom. The van der Waals surface area contributed by atoms with Crippen LogP contribution >= 0.6 is 0 Å². The van der Waals surface area contributed by atoms with Gasteiger partial charge in [0.1, 0.15) is 0 Å². The van der Waals surface area contributed by atoms with Crippen LogP contribution in [0.1, 0.15) is 41.7 Å². The number of nitrogens with one attached hydrogen (secondary N) is 1. The number of hydrogen-bond donors (Lipinski definition) is 1. The molecule has 0 bridgehead atoms. The summed E-state index contributed by atoms with van der Waals surface area (Å²) in [5.74, 6) is -0.0144. The summed E-state index contributed by atoms with van der Waals surface area (Å²) in [4.78, 5) is 19.4. The van der Waals surface area contributed by atoms with Gasteiger partial charge >= 0.3 is 0 Å². The fourth-order valence-corrected chi connectivity index (χ4v) is 3.22. The van der Waals surface area contributed by atoms with Crippen molar-refractivity contribution < 1.29 is 4.79 Å². The molecule has 1 amide bonds. The van der Waals surface area contributed by atoms with Gasteiger partial charge in [0.05, 0.1) is 16.8 Å². The number of carbonyl (C=O) groups is 1. The van der Waals surface area contributed by atoms with E-state index >= 15 is 0 Å². The molecule has 1 aromatic heterocycles. The normalized spacial score (nSPS) is 15.7. The zero-order chi connectivity index (χ0) is 16.1. The van der Waals surface area contributed by atoms with E-state index in [0.717, 1.165) is 36.1 Å². The molecule has 4 heteroatoms. The molecular weight excluding hydrogens is 286 g/mol. The molecule has 1 N–H and O–H groups in total. The number of piperidine rings is 1. The van der Waals surface area contributed by atoms with E-state index in [-0.39, 0.29) is 5.91 Å². The van der Waals surface area contributed by atoms with Crippen molar-refractivity contribution >= 4 is 16.8 Å². The Hall–Kier alpha value is -1.94. The minimum absolute atomic E-state index is 0.0144. The van der Waals surface area contributed by atoms with Crippen molar-refractivity contribution in [3.63, 3.8) is 0 Å². The van der Waals surface area contributed by atoms with E-state index in [1.165, 1.54) is 32.4 Å². The lowest BCUT2D eigenvalue weighted by Gasteiger charge is -2.26. The summed E-state index contributed by atoms with van der Waals surface area (Å²) in [6.45, 7) is 6.12. The van der Waals surface area contributed by atoms with E-state index in [4.69, 9.17) is 0 Å². The molecule has 1 aliphatic heterocycles. The van der Waals surface area contributed by atoms with Crippen LogP contribution in [0.3, 0.4) is 0 Å². The molecule has 0 atom stereocenters. The Bertz CT molecular complexity index is 677. The summed E-state index contributed by atoms with van der Waals surface area (Å²) in [6, 6.07) is 9.85. The maximum atomic E-state index is 12.4. The number of nitrogens with zero attached hydrogens (tertiary/aromatic N) is 2. The molecule has 1 aliphatic rings. The van der Waals surface area contributed by atoms with E-state index in [0.29, 0.717) is 5.56 Å². The number of rotatable bonds is 5. The van der Waals surface area contributed by atoms with Crippen molar-refractivity contribution in [3.05, 3.63) is 41.6 Å². The molecule has 4 nitrogen and oxygen atoms in total. The third kappa shape index (κ3) is 4.08. The fraction of sp³-hybridized carbons (Fsp3) is 0.474. The average molecular weight is 311 g/mol. The van der Waals surface area contributed by atoms with Gasteiger partial charge in [0, 0.05) is 11.9 Å². The highest BCUT2D eigenvalue weighted by molar-refractivity contribution is 5.98. The second-order valence-electron chi connectivity index (χ2n) is 6.33. The molecule has 0 radical (unpaired) electrons. The Kier molecular flexibility index (Phi) is 5.23. The molecule has 2 aromatic rings. The van der Waals surface area contributed by atoms with Crippen LogP contribution < -0.4 is 5.32 Å². The van der Waals surface area contributed by atoms with Crippen molar-refractivity contribution in [2.75, 3.05) is 26.2 Å². The van der Waals surface area contributed by atoms with E-state index in [1.807, 2.05) is 37.3 Å². The number of carbonyl (C=O) groups excluding carboxylic acids is 1. The number of likely N-dealkylation sites (tertiary alicyclic amines) is 1. The lowest BCUT2D eigenvalue weighted by Crippen LogP contribution is -2.33. The summed E-state index contributed by atoms with van der Waals surface area (Å²) in [5, 5.41) is 4.05. The van der Waals surface area contributed by atoms with Gasteiger partial charge in [-0.15, -0.1) is 0 Å². The summed E-state index contributed by atoms with van der Waals surface area (Å²) in [5.41, 5.74) is 2.41. The monoisotopic (exact) mass is 311 g/mol. The first-order valence-corrected chi connectivity index (χ1v) is 8.61. The Morgan fingerprint density at radius 1 is 1.22 bits per heavy atom. The van der Waals surface area contributed by atoms with Gasteiger partial charge in [-0.25, -0.2) is 0 Å². The lowest BCUT2D eigenvalue weighted by molar-refractivity contribution is 0.0950. The van der Waals surface area contributed by atoms with Crippen molar-refractivity contribution in [2.45, 2.75) is 32.6 Å². The summed E-state index contributed by atoms with van der Waals surface area (Å²) < 4.78 is 0. The van der Waals surface area contributed by atoms with Crippen LogP contribution in [0, 0.1) is 6.92 Å². The molecule has 1 saturated heterocycles. The zero-order valence-electron chi connectivity index (χ0n) is 13.8. The standard InChI is InChI=1S/C19H25N3O/c1-15-17(14-16-8-3-4-9-18(16)21-15)19(23)20-10-7-13-22-11-5-2-6-12-22/h3-4,8-9,14H,2,5-7,10-13H2,1H3,(H,20,23). The zero-order valence-corrected chi connectivity index (χ0v) is 13.8. The summed E-state index contributed by atoms with van der Waals surface area (Å²) in [7, 11) is 0. The van der Waals surface area contributed by atoms with Crippen LogP contribution in [0.25, 0.3) is 10.9 Å². The number of pyridine rings is 1. The van der Waals surface area contributed by atoms with E-state index in [9.17, 15) is 4.79 Å². The van der Waals surface area contributed by atoms with Gasteiger partial charge < -0.3 is 10.2 Å². The van der Waals surface area contributed by atoms with Crippen molar-refractivity contribution in [2.24, 2.45) is 0 Å². The summed E-state index contributed by atoms with van der Waals surface area (Å²) in [6.07, 6.45) is 5.00. The molecule has 0 saturated carbocycles. The number of aryl methyl sites for hydroxylation is 1. The van der Waals surface area contributed by atoms with Crippen LogP contribution in [-0.2, 0) is 0 Å². The predicted molar refractivity (Wildman–Crippen MR) is 93.7 cm³/mol. The van der Waals surface area contributed by atoms with Crippen molar-refractivity contribution in [1.82, 2.24) is 15.2 Å². The molecule has 122 valence electrons. The maximum Gasteiger partial charge on any atom is 0.253 e. The van der Waals surface area contributed by atoms with Gasteiger partial charge in [0.15, 0.2) is 0 Å². The summed E-state index contributed by atoms with van der Waals surface area (Å²) >= 11 is 0. The number of amides is 1. The third-order valence-electron chi connectivity index (χ3n) is 4.54. The molecule has 3 rings (SSSR count). The van der Waals surface area contributed by atoms with Crippen molar-refractivity contribution in [1.29, 1.82) is 0 Å². The fourth-order valence-electron chi connectivity index (χ4n) is 3.22. The van der Waals surface area contributed by atoms with Crippen LogP contribution in [0.4, 0.5) is 0 Å². The van der Waals surface area contributed by atoms with Gasteiger partial charge in [-0.05, 0) is 58.0 Å². The minimum atomic E-state index is -0.0144. The third-order valence-corrected chi connectivity index (χ3v) is 4.54. The minimum Gasteiger partial charge on any atom is -0.352 e. The first kappa shape index (κ1) is 15.9. The van der Waals surface area contributed by atoms with Crippen LogP contribution in [-0.4, -0.2) is 42.0 Å². The first-order valence-electron chi connectivity index (χ1n) is 8.61. The lowest BCUT2D eigenvalue weighted by atomic mass is 10.1. The van der Waals surface area contributed by atoms with Gasteiger partial charge in [-0.1, -0.05) is 24.6 Å². The van der Waals surface area contributed by atoms with Crippen LogP contribution in [0.2, 0.25) is 0 Å². The molecule has 23 heavy (non-hydrogen) atoms. The largest absolute Gasteiger partial charge is 0.352 e. The number of hydrogen-bond acceptors (Lipinski definition) is 3. The number of para-hydroxylation sites is 1. The van der Waals surface area contributed by atoms with E-state index in [1.54, 1.807) is 0 Å². The van der Waals surface area contributed by atoms with Gasteiger partial charge in [0.25, 0.3) is 5.91 Å². The number of aromatic nitrogens is 1. The quantitative estimate of drug-likeness (QED) is 0.863. The molecule has 1 aromatic carbocycles. The topological polar surface area (TPSA) is 45.2 Å². The Morgan fingerprint density at radius 3 is 2.83 bits per heavy atom. The van der Waals surface area contributed by atoms with E-state index < -0.39 is 0 Å². The second-order valence-corrected chi connectivity index (χ2v) is 6.33. The maximum absolute atomic E-state index is 12.4. The highest BCUT2D eigenvalue weighted by Crippen LogP contribution is 2.16. The molecule has 0 aliphatic carbocycles. The first-order chi connectivity index (χ1) is 11.2. The number of benzene rings is 1. The van der Waals surface area contributed by atoms with Gasteiger partial charge in [-0.2, -0.15) is 0 Å². The Balaban J connectivity index is 1.54. The highest BCUT2D eigenvalue weighted by atomic mass is 16.1. The molecule has 0 unspecified atom stereocenters. The van der Waals surface area contributed by atoms with Crippen LogP contribution in [0.5, 0.6) is 0 Å². The molecule has 1 fully saturated rings. The molecule has 0 spiro atoms. The SMILES string of the molecule is Cc1nc2ccccc2cc1C(=O)NCCCN1CCCCC1. The molecular formula is C19H25N3O. The Labute approximate surface area is 137 Å². The van der Waals surface area contributed by atoms with Gasteiger partial charge in [0.2, 0.25) is 0 Å². The van der Waals surface area contributed by atoms with E-state index in [2.05, 4.69) is 15.2 Å². The number of fused-ring (bicyclic) bond motifs is 1. The smallest absolute Gasteiger partial charge is 0.253 e. The predicted octanol–water partition coefficient (Wildman–Crippen LogP) is 3.15.